The Morgan fingerprint density at radius 3 is 2.47 bits per heavy atom. The van der Waals surface area contributed by atoms with Crippen molar-refractivity contribution in [2.24, 2.45) is 5.73 Å². The molecule has 82 valence electrons. The predicted octanol–water partition coefficient (Wildman–Crippen LogP) is -0.420. The molecule has 0 fully saturated rings. The zero-order valence-electron chi connectivity index (χ0n) is 8.21. The Kier molecular flexibility index (Phi) is 3.28. The van der Waals surface area contributed by atoms with Gasteiger partial charge in [0.25, 0.3) is 0 Å². The Morgan fingerprint density at radius 2 is 2.00 bits per heavy atom. The van der Waals surface area contributed by atoms with Crippen molar-refractivity contribution in [1.29, 1.82) is 0 Å². The summed E-state index contributed by atoms with van der Waals surface area (Å²) in [6.07, 6.45) is -3.02. The molecule has 1 aromatic carbocycles. The van der Waals surface area contributed by atoms with E-state index in [0.717, 1.165) is 0 Å². The number of aryl methyl sites for hydroxylation is 1. The summed E-state index contributed by atoms with van der Waals surface area (Å²) in [7, 11) is 0. The van der Waals surface area contributed by atoms with Crippen molar-refractivity contribution < 1.29 is 20.1 Å². The molecule has 5 N–H and O–H groups in total. The molecule has 0 saturated carbocycles. The summed E-state index contributed by atoms with van der Waals surface area (Å²) in [6.45, 7) is 1.64. The Bertz CT molecular complexity index is 378. The van der Waals surface area contributed by atoms with E-state index >= 15 is 0 Å². The number of hydrogen-bond acceptors (Lipinski definition) is 4. The number of rotatable bonds is 3. The molecule has 0 heterocycles. The third kappa shape index (κ3) is 2.45. The number of carbonyl (C=O) groups is 1. The van der Waals surface area contributed by atoms with Crippen LogP contribution in [0.2, 0.25) is 0 Å². The van der Waals surface area contributed by atoms with Crippen molar-refractivity contribution in [3.05, 3.63) is 29.3 Å². The molecule has 0 aromatic heterocycles. The lowest BCUT2D eigenvalue weighted by atomic mass is 9.99. The first-order valence-electron chi connectivity index (χ1n) is 4.38. The number of benzene rings is 1. The standard InChI is InChI=1S/C10H13NO4/c1-5-4-6(12)2-3-7(5)8(13)9(14)10(11)15/h2-4,8-9,12-14H,1H3,(H2,11,15). The molecule has 0 aliphatic heterocycles. The fraction of sp³-hybridized carbons (Fsp3) is 0.300. The Balaban J connectivity index is 3.01. The quantitative estimate of drug-likeness (QED) is 0.545. The first kappa shape index (κ1) is 11.5. The van der Waals surface area contributed by atoms with E-state index in [0.29, 0.717) is 11.1 Å². The summed E-state index contributed by atoms with van der Waals surface area (Å²) in [5.41, 5.74) is 5.79. The van der Waals surface area contributed by atoms with E-state index in [9.17, 15) is 15.0 Å². The average molecular weight is 211 g/mol. The Labute approximate surface area is 86.8 Å². The molecule has 5 heteroatoms. The second-order valence-electron chi connectivity index (χ2n) is 3.33. The highest BCUT2D eigenvalue weighted by molar-refractivity contribution is 5.79. The molecule has 0 spiro atoms. The lowest BCUT2D eigenvalue weighted by molar-refractivity contribution is -0.131. The maximum absolute atomic E-state index is 10.7. The number of aliphatic hydroxyl groups excluding tert-OH is 2. The van der Waals surface area contributed by atoms with Crippen LogP contribution in [0.15, 0.2) is 18.2 Å². The van der Waals surface area contributed by atoms with Gasteiger partial charge in [0, 0.05) is 0 Å². The molecule has 2 unspecified atom stereocenters. The van der Waals surface area contributed by atoms with Crippen LogP contribution in [-0.2, 0) is 4.79 Å². The van der Waals surface area contributed by atoms with Gasteiger partial charge in [-0.1, -0.05) is 6.07 Å². The van der Waals surface area contributed by atoms with Crippen molar-refractivity contribution in [3.63, 3.8) is 0 Å². The van der Waals surface area contributed by atoms with Crippen LogP contribution >= 0.6 is 0 Å². The maximum Gasteiger partial charge on any atom is 0.249 e. The van der Waals surface area contributed by atoms with Gasteiger partial charge in [-0.15, -0.1) is 0 Å². The minimum atomic E-state index is -1.65. The summed E-state index contributed by atoms with van der Waals surface area (Å²) < 4.78 is 0. The molecule has 0 aliphatic carbocycles. The predicted molar refractivity (Wildman–Crippen MR) is 53.0 cm³/mol. The highest BCUT2D eigenvalue weighted by atomic mass is 16.3. The zero-order chi connectivity index (χ0) is 11.6. The molecule has 5 nitrogen and oxygen atoms in total. The summed E-state index contributed by atoms with van der Waals surface area (Å²) in [5.74, 6) is -0.938. The van der Waals surface area contributed by atoms with Crippen LogP contribution in [-0.4, -0.2) is 27.3 Å². The minimum absolute atomic E-state index is 0.0528. The van der Waals surface area contributed by atoms with Crippen molar-refractivity contribution in [2.45, 2.75) is 19.1 Å². The Hall–Kier alpha value is -1.59. The fourth-order valence-corrected chi connectivity index (χ4v) is 1.32. The van der Waals surface area contributed by atoms with Crippen molar-refractivity contribution in [1.82, 2.24) is 0 Å². The molecular weight excluding hydrogens is 198 g/mol. The lowest BCUT2D eigenvalue weighted by Crippen LogP contribution is -2.34. The van der Waals surface area contributed by atoms with Crippen LogP contribution in [0.3, 0.4) is 0 Å². The van der Waals surface area contributed by atoms with E-state index in [4.69, 9.17) is 10.8 Å². The number of phenols is 1. The van der Waals surface area contributed by atoms with Crippen LogP contribution in [0.4, 0.5) is 0 Å². The maximum atomic E-state index is 10.7. The summed E-state index contributed by atoms with van der Waals surface area (Å²) in [5, 5.41) is 28.0. The van der Waals surface area contributed by atoms with Crippen molar-refractivity contribution in [3.8, 4) is 5.75 Å². The van der Waals surface area contributed by atoms with Gasteiger partial charge >= 0.3 is 0 Å². The van der Waals surface area contributed by atoms with Gasteiger partial charge in [0.05, 0.1) is 0 Å². The number of amides is 1. The van der Waals surface area contributed by atoms with Gasteiger partial charge in [-0.25, -0.2) is 0 Å². The number of primary amides is 1. The van der Waals surface area contributed by atoms with E-state index in [-0.39, 0.29) is 5.75 Å². The highest BCUT2D eigenvalue weighted by Gasteiger charge is 2.24. The van der Waals surface area contributed by atoms with Crippen LogP contribution in [0.1, 0.15) is 17.2 Å². The molecule has 15 heavy (non-hydrogen) atoms. The summed E-state index contributed by atoms with van der Waals surface area (Å²) >= 11 is 0. The van der Waals surface area contributed by atoms with Crippen LogP contribution in [0.25, 0.3) is 0 Å². The SMILES string of the molecule is Cc1cc(O)ccc1C(O)C(O)C(N)=O. The summed E-state index contributed by atoms with van der Waals surface area (Å²) in [4.78, 5) is 10.7. The largest absolute Gasteiger partial charge is 0.508 e. The van der Waals surface area contributed by atoms with E-state index in [2.05, 4.69) is 0 Å². The number of nitrogens with two attached hydrogens (primary N) is 1. The third-order valence-corrected chi connectivity index (χ3v) is 2.16. The van der Waals surface area contributed by atoms with E-state index in [1.807, 2.05) is 0 Å². The highest BCUT2D eigenvalue weighted by Crippen LogP contribution is 2.23. The second-order valence-corrected chi connectivity index (χ2v) is 3.33. The van der Waals surface area contributed by atoms with Gasteiger partial charge in [0.2, 0.25) is 5.91 Å². The number of aromatic hydroxyl groups is 1. The first-order chi connectivity index (χ1) is 6.93. The van der Waals surface area contributed by atoms with Gasteiger partial charge in [0.15, 0.2) is 6.10 Å². The van der Waals surface area contributed by atoms with E-state index in [1.54, 1.807) is 6.92 Å². The van der Waals surface area contributed by atoms with Gasteiger partial charge in [-0.3, -0.25) is 4.79 Å². The summed E-state index contributed by atoms with van der Waals surface area (Å²) in [6, 6.07) is 4.22. The van der Waals surface area contributed by atoms with Gasteiger partial charge in [0.1, 0.15) is 11.9 Å². The van der Waals surface area contributed by atoms with Crippen LogP contribution in [0.5, 0.6) is 5.75 Å². The topological polar surface area (TPSA) is 104 Å². The van der Waals surface area contributed by atoms with Crippen LogP contribution in [0, 0.1) is 6.92 Å². The molecule has 0 bridgehead atoms. The van der Waals surface area contributed by atoms with Crippen LogP contribution < -0.4 is 5.73 Å². The number of phenolic OH excluding ortho intramolecular Hbond substituents is 1. The molecule has 1 aromatic rings. The number of carbonyl (C=O) groups excluding carboxylic acids is 1. The zero-order valence-corrected chi connectivity index (χ0v) is 8.21. The smallest absolute Gasteiger partial charge is 0.249 e. The fourth-order valence-electron chi connectivity index (χ4n) is 1.32. The van der Waals surface area contributed by atoms with E-state index < -0.39 is 18.1 Å². The van der Waals surface area contributed by atoms with Gasteiger partial charge < -0.3 is 21.1 Å². The molecule has 0 radical (unpaired) electrons. The van der Waals surface area contributed by atoms with Gasteiger partial charge in [-0.05, 0) is 30.2 Å². The first-order valence-corrected chi connectivity index (χ1v) is 4.38. The molecule has 1 amide bonds. The number of hydrogen-bond donors (Lipinski definition) is 4. The molecule has 2 atom stereocenters. The molecule has 1 rings (SSSR count). The average Bonchev–Trinajstić information content (AvgIpc) is 2.15. The lowest BCUT2D eigenvalue weighted by Gasteiger charge is -2.17. The monoisotopic (exact) mass is 211 g/mol. The van der Waals surface area contributed by atoms with E-state index in [1.165, 1.54) is 18.2 Å². The second kappa shape index (κ2) is 4.29. The minimum Gasteiger partial charge on any atom is -0.508 e. The Morgan fingerprint density at radius 1 is 1.40 bits per heavy atom. The number of aliphatic hydroxyl groups is 2. The normalized spacial score (nSPS) is 14.6. The molecule has 0 aliphatic rings. The third-order valence-electron chi connectivity index (χ3n) is 2.16. The molecule has 0 saturated heterocycles. The van der Waals surface area contributed by atoms with Crippen molar-refractivity contribution in [2.75, 3.05) is 0 Å². The van der Waals surface area contributed by atoms with Crippen molar-refractivity contribution >= 4 is 5.91 Å². The molecular formula is C10H13NO4. The van der Waals surface area contributed by atoms with Gasteiger partial charge in [-0.2, -0.15) is 0 Å².